The molecule has 0 fully saturated rings. The predicted octanol–water partition coefficient (Wildman–Crippen LogP) is 2.29. The predicted molar refractivity (Wildman–Crippen MR) is 67.4 cm³/mol. The second kappa shape index (κ2) is 5.09. The summed E-state index contributed by atoms with van der Waals surface area (Å²) in [5.74, 6) is -0.230. The number of aromatic nitrogens is 2. The topological polar surface area (TPSA) is 55.0 Å². The van der Waals surface area contributed by atoms with E-state index in [0.29, 0.717) is 23.9 Å². The van der Waals surface area contributed by atoms with Gasteiger partial charge in [-0.2, -0.15) is 0 Å². The molecule has 2 N–H and O–H groups in total. The van der Waals surface area contributed by atoms with Gasteiger partial charge in [0.2, 0.25) is 5.13 Å². The lowest BCUT2D eigenvalue weighted by Gasteiger charge is -2.21. The molecule has 1 aromatic carbocycles. The van der Waals surface area contributed by atoms with Gasteiger partial charge >= 0.3 is 0 Å². The highest BCUT2D eigenvalue weighted by molar-refractivity contribution is 7.15. The third-order valence-corrected chi connectivity index (χ3v) is 3.12. The van der Waals surface area contributed by atoms with Crippen LogP contribution in [-0.2, 0) is 6.54 Å². The molecule has 0 spiro atoms. The number of nitrogens with two attached hydrogens (primary N) is 1. The van der Waals surface area contributed by atoms with Crippen LogP contribution in [0.15, 0.2) is 24.3 Å². The SMILES string of the molecule is CCN(Cc1nnc(N)s1)c1ccccc1F. The molecule has 0 saturated carbocycles. The van der Waals surface area contributed by atoms with Gasteiger partial charge in [-0.25, -0.2) is 4.39 Å². The first-order chi connectivity index (χ1) is 8.20. The van der Waals surface area contributed by atoms with E-state index in [1.807, 2.05) is 17.9 Å². The van der Waals surface area contributed by atoms with E-state index in [1.54, 1.807) is 12.1 Å². The van der Waals surface area contributed by atoms with Crippen molar-refractivity contribution in [3.05, 3.63) is 35.1 Å². The van der Waals surface area contributed by atoms with Crippen LogP contribution in [0, 0.1) is 5.82 Å². The molecule has 17 heavy (non-hydrogen) atoms. The molecule has 0 bridgehead atoms. The van der Waals surface area contributed by atoms with Crippen molar-refractivity contribution in [1.82, 2.24) is 10.2 Å². The summed E-state index contributed by atoms with van der Waals surface area (Å²) in [5, 5.41) is 8.90. The fourth-order valence-corrected chi connectivity index (χ4v) is 2.19. The molecule has 1 aromatic heterocycles. The van der Waals surface area contributed by atoms with Crippen molar-refractivity contribution in [2.45, 2.75) is 13.5 Å². The minimum absolute atomic E-state index is 0.230. The van der Waals surface area contributed by atoms with Crippen LogP contribution in [0.5, 0.6) is 0 Å². The molecular weight excluding hydrogens is 239 g/mol. The molecule has 90 valence electrons. The van der Waals surface area contributed by atoms with Gasteiger partial charge in [0, 0.05) is 6.54 Å². The maximum absolute atomic E-state index is 13.6. The number of para-hydroxylation sites is 1. The summed E-state index contributed by atoms with van der Waals surface area (Å²) in [5.41, 5.74) is 6.09. The summed E-state index contributed by atoms with van der Waals surface area (Å²) in [7, 11) is 0. The molecule has 0 saturated heterocycles. The lowest BCUT2D eigenvalue weighted by molar-refractivity contribution is 0.617. The van der Waals surface area contributed by atoms with Crippen molar-refractivity contribution in [2.75, 3.05) is 17.2 Å². The summed E-state index contributed by atoms with van der Waals surface area (Å²) in [6.07, 6.45) is 0. The van der Waals surface area contributed by atoms with E-state index >= 15 is 0 Å². The molecule has 0 amide bonds. The Morgan fingerprint density at radius 1 is 1.35 bits per heavy atom. The Hall–Kier alpha value is -1.69. The van der Waals surface area contributed by atoms with Gasteiger partial charge in [0.15, 0.2) is 0 Å². The van der Waals surface area contributed by atoms with Gasteiger partial charge in [0.1, 0.15) is 10.8 Å². The van der Waals surface area contributed by atoms with Gasteiger partial charge in [-0.15, -0.1) is 10.2 Å². The highest BCUT2D eigenvalue weighted by Gasteiger charge is 2.12. The minimum atomic E-state index is -0.230. The van der Waals surface area contributed by atoms with Crippen molar-refractivity contribution >= 4 is 22.2 Å². The number of nitrogens with zero attached hydrogens (tertiary/aromatic N) is 3. The van der Waals surface area contributed by atoms with E-state index in [2.05, 4.69) is 10.2 Å². The molecule has 2 rings (SSSR count). The number of nitrogen functional groups attached to an aromatic ring is 1. The summed E-state index contributed by atoms with van der Waals surface area (Å²) in [6.45, 7) is 3.18. The zero-order valence-corrected chi connectivity index (χ0v) is 10.2. The summed E-state index contributed by atoms with van der Waals surface area (Å²) in [4.78, 5) is 1.90. The first-order valence-electron chi connectivity index (χ1n) is 5.28. The van der Waals surface area contributed by atoms with E-state index in [0.717, 1.165) is 5.01 Å². The van der Waals surface area contributed by atoms with E-state index in [-0.39, 0.29) is 5.82 Å². The molecule has 0 unspecified atom stereocenters. The number of benzene rings is 1. The van der Waals surface area contributed by atoms with Crippen LogP contribution in [0.3, 0.4) is 0 Å². The smallest absolute Gasteiger partial charge is 0.203 e. The number of halogens is 1. The first-order valence-corrected chi connectivity index (χ1v) is 6.09. The van der Waals surface area contributed by atoms with Crippen LogP contribution in [0.2, 0.25) is 0 Å². The Balaban J connectivity index is 2.20. The van der Waals surface area contributed by atoms with E-state index < -0.39 is 0 Å². The van der Waals surface area contributed by atoms with Gasteiger partial charge in [0.05, 0.1) is 12.2 Å². The van der Waals surface area contributed by atoms with Gasteiger partial charge in [-0.3, -0.25) is 0 Å². The summed E-state index contributed by atoms with van der Waals surface area (Å²) >= 11 is 1.32. The quantitative estimate of drug-likeness (QED) is 0.907. The van der Waals surface area contributed by atoms with Crippen LogP contribution >= 0.6 is 11.3 Å². The molecule has 1 heterocycles. The van der Waals surface area contributed by atoms with Crippen molar-refractivity contribution in [3.8, 4) is 0 Å². The molecule has 0 aliphatic heterocycles. The van der Waals surface area contributed by atoms with E-state index in [9.17, 15) is 4.39 Å². The molecule has 0 radical (unpaired) electrons. The third kappa shape index (κ3) is 2.71. The minimum Gasteiger partial charge on any atom is -0.374 e. The molecule has 2 aromatic rings. The number of anilines is 2. The second-order valence-electron chi connectivity index (χ2n) is 3.50. The molecular formula is C11H13FN4S. The fraction of sp³-hybridized carbons (Fsp3) is 0.273. The lowest BCUT2D eigenvalue weighted by Crippen LogP contribution is -2.22. The Kier molecular flexibility index (Phi) is 3.53. The maximum atomic E-state index is 13.6. The normalized spacial score (nSPS) is 10.5. The average molecular weight is 252 g/mol. The largest absolute Gasteiger partial charge is 0.374 e. The van der Waals surface area contributed by atoms with Crippen LogP contribution in [-0.4, -0.2) is 16.7 Å². The van der Waals surface area contributed by atoms with Crippen LogP contribution < -0.4 is 10.6 Å². The second-order valence-corrected chi connectivity index (χ2v) is 4.59. The van der Waals surface area contributed by atoms with Gasteiger partial charge in [-0.1, -0.05) is 23.5 Å². The zero-order chi connectivity index (χ0) is 12.3. The Morgan fingerprint density at radius 2 is 2.12 bits per heavy atom. The Morgan fingerprint density at radius 3 is 2.71 bits per heavy atom. The van der Waals surface area contributed by atoms with Crippen molar-refractivity contribution in [1.29, 1.82) is 0 Å². The van der Waals surface area contributed by atoms with Gasteiger partial charge in [-0.05, 0) is 19.1 Å². The number of hydrogen-bond donors (Lipinski definition) is 1. The van der Waals surface area contributed by atoms with Crippen LogP contribution in [0.4, 0.5) is 15.2 Å². The monoisotopic (exact) mass is 252 g/mol. The summed E-state index contributed by atoms with van der Waals surface area (Å²) in [6, 6.07) is 6.70. The van der Waals surface area contributed by atoms with Gasteiger partial charge < -0.3 is 10.6 Å². The zero-order valence-electron chi connectivity index (χ0n) is 9.43. The van der Waals surface area contributed by atoms with Crippen molar-refractivity contribution < 1.29 is 4.39 Å². The highest BCUT2D eigenvalue weighted by Crippen LogP contribution is 2.22. The van der Waals surface area contributed by atoms with Crippen molar-refractivity contribution in [2.24, 2.45) is 0 Å². The first kappa shape index (κ1) is 11.8. The number of rotatable bonds is 4. The van der Waals surface area contributed by atoms with Gasteiger partial charge in [0.25, 0.3) is 0 Å². The maximum Gasteiger partial charge on any atom is 0.203 e. The molecule has 4 nitrogen and oxygen atoms in total. The standard InChI is InChI=1S/C11H13FN4S/c1-2-16(7-10-14-15-11(13)17-10)9-6-4-3-5-8(9)12/h3-6H,2,7H2,1H3,(H2,13,15). The molecule has 0 aliphatic carbocycles. The van der Waals surface area contributed by atoms with Crippen LogP contribution in [0.25, 0.3) is 0 Å². The molecule has 0 aliphatic rings. The number of hydrogen-bond acceptors (Lipinski definition) is 5. The molecule has 0 atom stereocenters. The van der Waals surface area contributed by atoms with Crippen LogP contribution in [0.1, 0.15) is 11.9 Å². The third-order valence-electron chi connectivity index (χ3n) is 2.38. The van der Waals surface area contributed by atoms with E-state index in [1.165, 1.54) is 17.4 Å². The average Bonchev–Trinajstić information content (AvgIpc) is 2.73. The fourth-order valence-electron chi connectivity index (χ4n) is 1.57. The highest BCUT2D eigenvalue weighted by atomic mass is 32.1. The van der Waals surface area contributed by atoms with Crippen molar-refractivity contribution in [3.63, 3.8) is 0 Å². The molecule has 6 heteroatoms. The Bertz CT molecular complexity index is 500. The van der Waals surface area contributed by atoms with E-state index in [4.69, 9.17) is 5.73 Å². The summed E-state index contributed by atoms with van der Waals surface area (Å²) < 4.78 is 13.6. The lowest BCUT2D eigenvalue weighted by atomic mass is 10.2. The Labute approximate surface area is 103 Å².